The molecule has 2 aromatic rings. The fraction of sp³-hybridized carbons (Fsp3) is 0.353. The van der Waals surface area contributed by atoms with E-state index in [4.69, 9.17) is 4.74 Å². The normalized spacial score (nSPS) is 12.1. The molecule has 1 unspecified atom stereocenters. The van der Waals surface area contributed by atoms with Gasteiger partial charge in [-0.25, -0.2) is 0 Å². The zero-order valence-electron chi connectivity index (χ0n) is 12.5. The molecule has 0 aliphatic heterocycles. The van der Waals surface area contributed by atoms with Crippen LogP contribution in [0, 0.1) is 0 Å². The fourth-order valence-corrected chi connectivity index (χ4v) is 2.48. The van der Waals surface area contributed by atoms with E-state index < -0.39 is 0 Å². The van der Waals surface area contributed by atoms with Crippen LogP contribution in [0.25, 0.3) is 0 Å². The molecular weight excluding hydrogens is 328 g/mol. The molecule has 1 aromatic carbocycles. The van der Waals surface area contributed by atoms with Crippen LogP contribution in [0.3, 0.4) is 0 Å². The van der Waals surface area contributed by atoms with Gasteiger partial charge in [-0.15, -0.1) is 0 Å². The molecule has 0 radical (unpaired) electrons. The summed E-state index contributed by atoms with van der Waals surface area (Å²) >= 11 is 3.54. The molecule has 0 saturated heterocycles. The third-order valence-corrected chi connectivity index (χ3v) is 3.75. The highest BCUT2D eigenvalue weighted by Gasteiger charge is 2.12. The van der Waals surface area contributed by atoms with Gasteiger partial charge in [0.05, 0.1) is 0 Å². The molecule has 4 heteroatoms. The Hall–Kier alpha value is -1.39. The maximum Gasteiger partial charge on any atom is 0.124 e. The van der Waals surface area contributed by atoms with Crippen molar-refractivity contribution in [2.75, 3.05) is 6.54 Å². The average molecular weight is 349 g/mol. The Balaban J connectivity index is 2.11. The molecule has 0 fully saturated rings. The lowest BCUT2D eigenvalue weighted by Gasteiger charge is -2.18. The van der Waals surface area contributed by atoms with Crippen molar-refractivity contribution in [2.24, 2.45) is 0 Å². The summed E-state index contributed by atoms with van der Waals surface area (Å²) in [5, 5.41) is 3.50. The molecule has 0 aliphatic carbocycles. The van der Waals surface area contributed by atoms with E-state index in [-0.39, 0.29) is 6.04 Å². The van der Waals surface area contributed by atoms with E-state index in [0.29, 0.717) is 6.61 Å². The summed E-state index contributed by atoms with van der Waals surface area (Å²) in [6.07, 6.45) is 4.72. The van der Waals surface area contributed by atoms with Gasteiger partial charge in [0, 0.05) is 34.0 Å². The summed E-state index contributed by atoms with van der Waals surface area (Å²) in [4.78, 5) is 4.11. The first-order valence-electron chi connectivity index (χ1n) is 7.25. The van der Waals surface area contributed by atoms with Gasteiger partial charge in [-0.3, -0.25) is 4.98 Å². The molecule has 0 amide bonds. The lowest BCUT2D eigenvalue weighted by molar-refractivity contribution is 0.299. The van der Waals surface area contributed by atoms with Gasteiger partial charge in [0.25, 0.3) is 0 Å². The quantitative estimate of drug-likeness (QED) is 0.800. The predicted octanol–water partition coefficient (Wildman–Crippen LogP) is 4.48. The molecule has 0 bridgehead atoms. The summed E-state index contributed by atoms with van der Waals surface area (Å²) < 4.78 is 7.04. The van der Waals surface area contributed by atoms with Crippen molar-refractivity contribution >= 4 is 15.9 Å². The van der Waals surface area contributed by atoms with Crippen LogP contribution in [0.1, 0.15) is 37.4 Å². The third-order valence-electron chi connectivity index (χ3n) is 3.26. The van der Waals surface area contributed by atoms with Gasteiger partial charge in [-0.2, -0.15) is 0 Å². The maximum atomic E-state index is 5.98. The molecule has 0 saturated carbocycles. The Bertz CT molecular complexity index is 560. The number of hydrogen-bond donors (Lipinski definition) is 1. The molecule has 1 heterocycles. The molecular formula is C17H21BrN2O. The first-order chi connectivity index (χ1) is 10.2. The van der Waals surface area contributed by atoms with Gasteiger partial charge in [0.1, 0.15) is 12.4 Å². The fourth-order valence-electron chi connectivity index (χ4n) is 2.10. The highest BCUT2D eigenvalue weighted by Crippen LogP contribution is 2.29. The van der Waals surface area contributed by atoms with Crippen molar-refractivity contribution in [1.82, 2.24) is 10.3 Å². The van der Waals surface area contributed by atoms with Crippen molar-refractivity contribution in [2.45, 2.75) is 32.9 Å². The minimum absolute atomic E-state index is 0.256. The molecule has 112 valence electrons. The maximum absolute atomic E-state index is 5.98. The summed E-state index contributed by atoms with van der Waals surface area (Å²) in [5.41, 5.74) is 2.24. The van der Waals surface area contributed by atoms with Crippen LogP contribution >= 0.6 is 15.9 Å². The Labute approximate surface area is 134 Å². The Morgan fingerprint density at radius 3 is 2.90 bits per heavy atom. The van der Waals surface area contributed by atoms with Gasteiger partial charge in [0.2, 0.25) is 0 Å². The number of rotatable bonds is 7. The first kappa shape index (κ1) is 16.0. The molecule has 1 aromatic heterocycles. The topological polar surface area (TPSA) is 34.1 Å². The molecule has 21 heavy (non-hydrogen) atoms. The van der Waals surface area contributed by atoms with Crippen molar-refractivity contribution in [3.8, 4) is 5.75 Å². The van der Waals surface area contributed by atoms with Gasteiger partial charge in [-0.1, -0.05) is 28.9 Å². The Morgan fingerprint density at radius 2 is 2.19 bits per heavy atom. The van der Waals surface area contributed by atoms with E-state index in [0.717, 1.165) is 28.8 Å². The zero-order chi connectivity index (χ0) is 15.1. The van der Waals surface area contributed by atoms with Crippen LogP contribution in [0.2, 0.25) is 0 Å². The van der Waals surface area contributed by atoms with Gasteiger partial charge in [0.15, 0.2) is 0 Å². The standard InChI is InChI=1S/C17H21BrN2O/c1-3-8-20-13(2)16-10-15(18)6-7-17(16)21-12-14-5-4-9-19-11-14/h4-7,9-11,13,20H,3,8,12H2,1-2H3. The van der Waals surface area contributed by atoms with E-state index in [2.05, 4.69) is 46.1 Å². The molecule has 1 atom stereocenters. The highest BCUT2D eigenvalue weighted by atomic mass is 79.9. The predicted molar refractivity (Wildman–Crippen MR) is 89.4 cm³/mol. The van der Waals surface area contributed by atoms with Gasteiger partial charge < -0.3 is 10.1 Å². The second kappa shape index (κ2) is 8.15. The summed E-state index contributed by atoms with van der Waals surface area (Å²) in [6, 6.07) is 10.3. The Morgan fingerprint density at radius 1 is 1.33 bits per heavy atom. The number of aromatic nitrogens is 1. The number of nitrogens with zero attached hydrogens (tertiary/aromatic N) is 1. The SMILES string of the molecule is CCCNC(C)c1cc(Br)ccc1OCc1cccnc1. The summed E-state index contributed by atoms with van der Waals surface area (Å²) in [6.45, 7) is 5.85. The minimum Gasteiger partial charge on any atom is -0.489 e. The number of ether oxygens (including phenoxy) is 1. The van der Waals surface area contributed by atoms with Crippen LogP contribution in [0.15, 0.2) is 47.2 Å². The Kier molecular flexibility index (Phi) is 6.21. The van der Waals surface area contributed by atoms with Gasteiger partial charge in [-0.05, 0) is 44.2 Å². The average Bonchev–Trinajstić information content (AvgIpc) is 2.52. The van der Waals surface area contributed by atoms with Gasteiger partial charge >= 0.3 is 0 Å². The molecule has 1 N–H and O–H groups in total. The summed E-state index contributed by atoms with van der Waals surface area (Å²) in [7, 11) is 0. The van der Waals surface area contributed by atoms with E-state index in [1.54, 1.807) is 6.20 Å². The second-order valence-corrected chi connectivity index (χ2v) is 5.92. The largest absolute Gasteiger partial charge is 0.489 e. The lowest BCUT2D eigenvalue weighted by atomic mass is 10.1. The smallest absolute Gasteiger partial charge is 0.124 e. The van der Waals surface area contributed by atoms with Crippen molar-refractivity contribution in [3.63, 3.8) is 0 Å². The number of benzene rings is 1. The van der Waals surface area contributed by atoms with Crippen molar-refractivity contribution < 1.29 is 4.74 Å². The second-order valence-electron chi connectivity index (χ2n) is 5.01. The monoisotopic (exact) mass is 348 g/mol. The third kappa shape index (κ3) is 4.83. The minimum atomic E-state index is 0.256. The van der Waals surface area contributed by atoms with E-state index in [9.17, 15) is 0 Å². The summed E-state index contributed by atoms with van der Waals surface area (Å²) in [5.74, 6) is 0.915. The number of halogens is 1. The van der Waals surface area contributed by atoms with Crippen LogP contribution in [0.4, 0.5) is 0 Å². The number of hydrogen-bond acceptors (Lipinski definition) is 3. The van der Waals surface area contributed by atoms with Crippen LogP contribution in [-0.4, -0.2) is 11.5 Å². The van der Waals surface area contributed by atoms with Crippen molar-refractivity contribution in [1.29, 1.82) is 0 Å². The van der Waals surface area contributed by atoms with Crippen molar-refractivity contribution in [3.05, 3.63) is 58.3 Å². The molecule has 0 aliphatic rings. The highest BCUT2D eigenvalue weighted by molar-refractivity contribution is 9.10. The molecule has 2 rings (SSSR count). The van der Waals surface area contributed by atoms with E-state index in [1.807, 2.05) is 30.5 Å². The molecule has 0 spiro atoms. The van der Waals surface area contributed by atoms with E-state index >= 15 is 0 Å². The molecule has 3 nitrogen and oxygen atoms in total. The number of pyridine rings is 1. The number of nitrogens with one attached hydrogen (secondary N) is 1. The van der Waals surface area contributed by atoms with Crippen LogP contribution < -0.4 is 10.1 Å². The zero-order valence-corrected chi connectivity index (χ0v) is 14.1. The lowest BCUT2D eigenvalue weighted by Crippen LogP contribution is -2.20. The first-order valence-corrected chi connectivity index (χ1v) is 8.04. The van der Waals surface area contributed by atoms with E-state index in [1.165, 1.54) is 5.56 Å². The van der Waals surface area contributed by atoms with Crippen LogP contribution in [-0.2, 0) is 6.61 Å². The van der Waals surface area contributed by atoms with Crippen LogP contribution in [0.5, 0.6) is 5.75 Å².